The van der Waals surface area contributed by atoms with Crippen LogP contribution in [0.2, 0.25) is 0 Å². The molecule has 0 radical (unpaired) electrons. The number of aldehydes is 2. The third-order valence-corrected chi connectivity index (χ3v) is 0. The molecule has 0 aliphatic rings. The third kappa shape index (κ3) is 118. The average molecular weight is 106 g/mol. The molecule has 0 heterocycles. The molecule has 0 aliphatic heterocycles. The van der Waals surface area contributed by atoms with E-state index < -0.39 is 0 Å². The van der Waals surface area contributed by atoms with E-state index in [2.05, 4.69) is 0 Å². The van der Waals surface area contributed by atoms with E-state index in [1.54, 1.807) is 0 Å². The van der Waals surface area contributed by atoms with Gasteiger partial charge in [-0.25, -0.2) is 0 Å². The highest BCUT2D eigenvalue weighted by molar-refractivity contribution is 5.44. The maximum atomic E-state index is 8.81. The van der Waals surface area contributed by atoms with Gasteiger partial charge >= 0.3 is 0 Å². The first-order chi connectivity index (χ1) is 2.83. The summed E-state index contributed by atoms with van der Waals surface area (Å²) in [6.07, 6.45) is 1.50. The van der Waals surface area contributed by atoms with E-state index in [9.17, 15) is 0 Å². The van der Waals surface area contributed by atoms with Crippen molar-refractivity contribution in [3.63, 3.8) is 0 Å². The quantitative estimate of drug-likeness (QED) is 0.394. The van der Waals surface area contributed by atoms with E-state index in [1.807, 2.05) is 0 Å². The van der Waals surface area contributed by atoms with Gasteiger partial charge in [0.15, 0.2) is 0 Å². The first-order valence-electron chi connectivity index (χ1n) is 1.63. The van der Waals surface area contributed by atoms with Crippen LogP contribution in [0.4, 0.5) is 0 Å². The fraction of sp³-hybridized carbons (Fsp3) is 0.500. The van der Waals surface area contributed by atoms with Crippen LogP contribution in [-0.4, -0.2) is 18.0 Å². The van der Waals surface area contributed by atoms with Gasteiger partial charge in [0.25, 0.3) is 0 Å². The molecule has 3 nitrogen and oxygen atoms in total. The highest BCUT2D eigenvalue weighted by atomic mass is 16.1. The second kappa shape index (κ2) is 58.0. The van der Waals surface area contributed by atoms with Crippen molar-refractivity contribution in [2.24, 2.45) is 0 Å². The molecule has 0 aliphatic carbocycles. The molecule has 3 heteroatoms. The van der Waals surface area contributed by atoms with Crippen molar-refractivity contribution < 1.29 is 15.1 Å². The Bertz CT molecular complexity index is 27.9. The monoisotopic (exact) mass is 106 g/mol. The van der Waals surface area contributed by atoms with Crippen molar-refractivity contribution in [1.82, 2.24) is 0 Å². The van der Waals surface area contributed by atoms with E-state index in [1.165, 1.54) is 13.8 Å². The second-order valence-electron chi connectivity index (χ2n) is 0.471. The van der Waals surface area contributed by atoms with E-state index in [0.717, 1.165) is 12.6 Å². The normalized spacial score (nSPS) is 3.71. The zero-order chi connectivity index (χ0) is 5.41. The van der Waals surface area contributed by atoms with Gasteiger partial charge in [-0.05, 0) is 13.8 Å². The molecule has 0 aromatic rings. The third-order valence-electron chi connectivity index (χ3n) is 0. The van der Waals surface area contributed by atoms with Gasteiger partial charge in [-0.1, -0.05) is 0 Å². The first kappa shape index (κ1) is 16.3. The lowest BCUT2D eigenvalue weighted by Crippen LogP contribution is -1.36. The van der Waals surface area contributed by atoms with Crippen molar-refractivity contribution in [1.29, 1.82) is 0 Å². The zero-order valence-corrected chi connectivity index (χ0v) is 4.47. The molecule has 44 valence electrons. The van der Waals surface area contributed by atoms with Crippen LogP contribution in [0.5, 0.6) is 0 Å². The van der Waals surface area contributed by atoms with Crippen LogP contribution in [-0.2, 0) is 9.59 Å². The molecular weight excluding hydrogens is 96.0 g/mol. The predicted molar refractivity (Wildman–Crippen MR) is 27.1 cm³/mol. The van der Waals surface area contributed by atoms with Crippen molar-refractivity contribution in [3.8, 4) is 0 Å². The van der Waals surface area contributed by atoms with Gasteiger partial charge < -0.3 is 15.1 Å². The molecule has 0 aromatic carbocycles. The highest BCUT2D eigenvalue weighted by Gasteiger charge is 1.24. The van der Waals surface area contributed by atoms with E-state index >= 15 is 0 Å². The molecule has 0 saturated carbocycles. The number of carbonyl (C=O) groups is 2. The van der Waals surface area contributed by atoms with Crippen LogP contribution in [0, 0.1) is 0 Å². The summed E-state index contributed by atoms with van der Waals surface area (Å²) in [5, 5.41) is 0. The topological polar surface area (TPSA) is 65.6 Å². The van der Waals surface area contributed by atoms with Gasteiger partial charge in [-0.15, -0.1) is 0 Å². The standard InChI is InChI=1S/2C2H4O.H2O/c2*1-2-3;/h2*2H,1H3;1H2. The smallest absolute Gasteiger partial charge is 0.116 e. The van der Waals surface area contributed by atoms with Gasteiger partial charge in [-0.3, -0.25) is 0 Å². The van der Waals surface area contributed by atoms with Gasteiger partial charge in [0.1, 0.15) is 12.6 Å². The Labute approximate surface area is 42.6 Å². The Kier molecular flexibility index (Phi) is 135. The molecule has 0 amide bonds. The van der Waals surface area contributed by atoms with Crippen molar-refractivity contribution in [3.05, 3.63) is 0 Å². The lowest BCUT2D eigenvalue weighted by atomic mass is 11.0. The van der Waals surface area contributed by atoms with Gasteiger partial charge in [0.05, 0.1) is 0 Å². The molecule has 0 unspecified atom stereocenters. The minimum Gasteiger partial charge on any atom is -0.412 e. The van der Waals surface area contributed by atoms with Crippen molar-refractivity contribution in [2.45, 2.75) is 13.8 Å². The minimum atomic E-state index is 0. The van der Waals surface area contributed by atoms with E-state index in [0.29, 0.717) is 0 Å². The average Bonchev–Trinajstić information content (AvgIpc) is 1.39. The Balaban J connectivity index is -0.0000000400. The largest absolute Gasteiger partial charge is 0.412 e. The Morgan fingerprint density at radius 2 is 1.00 bits per heavy atom. The molecule has 0 bridgehead atoms. The number of hydrogen-bond acceptors (Lipinski definition) is 2. The van der Waals surface area contributed by atoms with Crippen molar-refractivity contribution in [2.75, 3.05) is 0 Å². The summed E-state index contributed by atoms with van der Waals surface area (Å²) < 4.78 is 0. The molecule has 0 fully saturated rings. The fourth-order valence-corrected chi connectivity index (χ4v) is 0. The molecule has 0 saturated heterocycles. The Hall–Kier alpha value is -0.700. The summed E-state index contributed by atoms with van der Waals surface area (Å²) in [4.78, 5) is 17.6. The molecule has 0 rings (SSSR count). The van der Waals surface area contributed by atoms with E-state index in [4.69, 9.17) is 9.59 Å². The van der Waals surface area contributed by atoms with Gasteiger partial charge in [-0.2, -0.15) is 0 Å². The second-order valence-corrected chi connectivity index (χ2v) is 0.471. The summed E-state index contributed by atoms with van der Waals surface area (Å²) in [6, 6.07) is 0. The number of hydrogen-bond donors (Lipinski definition) is 0. The molecule has 0 spiro atoms. The van der Waals surface area contributed by atoms with Crippen LogP contribution < -0.4 is 0 Å². The fourth-order valence-electron chi connectivity index (χ4n) is 0. The van der Waals surface area contributed by atoms with Crippen molar-refractivity contribution >= 4 is 12.6 Å². The summed E-state index contributed by atoms with van der Waals surface area (Å²) in [6.45, 7) is 2.89. The van der Waals surface area contributed by atoms with E-state index in [-0.39, 0.29) is 5.48 Å². The summed E-state index contributed by atoms with van der Waals surface area (Å²) in [5.41, 5.74) is 0. The van der Waals surface area contributed by atoms with Crippen LogP contribution in [0.25, 0.3) is 0 Å². The molecule has 2 N–H and O–H groups in total. The summed E-state index contributed by atoms with van der Waals surface area (Å²) >= 11 is 0. The van der Waals surface area contributed by atoms with Crippen LogP contribution in [0.1, 0.15) is 13.8 Å². The van der Waals surface area contributed by atoms with Crippen LogP contribution in [0.15, 0.2) is 0 Å². The Morgan fingerprint density at radius 1 is 1.00 bits per heavy atom. The van der Waals surface area contributed by atoms with Crippen LogP contribution >= 0.6 is 0 Å². The predicted octanol–water partition coefficient (Wildman–Crippen LogP) is -0.414. The number of carbonyl (C=O) groups excluding carboxylic acids is 2. The van der Waals surface area contributed by atoms with Gasteiger partial charge in [0.2, 0.25) is 0 Å². The lowest BCUT2D eigenvalue weighted by molar-refractivity contribution is -0.106. The lowest BCUT2D eigenvalue weighted by Gasteiger charge is -1.24. The summed E-state index contributed by atoms with van der Waals surface area (Å²) in [5.74, 6) is 0. The first-order valence-corrected chi connectivity index (χ1v) is 1.63. The molecule has 0 aromatic heterocycles. The SMILES string of the molecule is CC=O.CC=O.O. The minimum absolute atomic E-state index is 0. The Morgan fingerprint density at radius 3 is 1.00 bits per heavy atom. The van der Waals surface area contributed by atoms with Crippen LogP contribution in [0.3, 0.4) is 0 Å². The zero-order valence-electron chi connectivity index (χ0n) is 4.47. The molecule has 0 atom stereocenters. The highest BCUT2D eigenvalue weighted by Crippen LogP contribution is 1.13. The maximum Gasteiger partial charge on any atom is 0.116 e. The maximum absolute atomic E-state index is 8.81. The van der Waals surface area contributed by atoms with Gasteiger partial charge in [0, 0.05) is 0 Å². The number of rotatable bonds is 0. The summed E-state index contributed by atoms with van der Waals surface area (Å²) in [7, 11) is 0. The molecule has 7 heavy (non-hydrogen) atoms. The molecular formula is C4H10O3.